The first kappa shape index (κ1) is 14.5. The van der Waals surface area contributed by atoms with E-state index in [1.165, 1.54) is 0 Å². The summed E-state index contributed by atoms with van der Waals surface area (Å²) in [6.07, 6.45) is 1.57. The molecular formula is C16H15Cl2NO2. The van der Waals surface area contributed by atoms with Crippen LogP contribution in [0.2, 0.25) is 10.0 Å². The van der Waals surface area contributed by atoms with Crippen LogP contribution >= 0.6 is 23.2 Å². The van der Waals surface area contributed by atoms with Crippen molar-refractivity contribution in [3.8, 4) is 11.5 Å². The molecule has 0 bridgehead atoms. The molecule has 0 amide bonds. The zero-order chi connectivity index (χ0) is 15.0. The van der Waals surface area contributed by atoms with Crippen LogP contribution in [0, 0.1) is 0 Å². The molecule has 3 rings (SSSR count). The van der Waals surface area contributed by atoms with E-state index in [0.29, 0.717) is 16.6 Å². The van der Waals surface area contributed by atoms with E-state index < -0.39 is 0 Å². The van der Waals surface area contributed by atoms with Crippen molar-refractivity contribution in [1.29, 1.82) is 0 Å². The van der Waals surface area contributed by atoms with E-state index in [9.17, 15) is 10.2 Å². The average molecular weight is 324 g/mol. The Morgan fingerprint density at radius 2 is 1.76 bits per heavy atom. The Balaban J connectivity index is 1.78. The lowest BCUT2D eigenvalue weighted by Gasteiger charge is -2.27. The Labute approximate surface area is 133 Å². The summed E-state index contributed by atoms with van der Waals surface area (Å²) in [5.74, 6) is -0.145. The highest BCUT2D eigenvalue weighted by molar-refractivity contribution is 6.35. The van der Waals surface area contributed by atoms with Gasteiger partial charge in [-0.1, -0.05) is 29.3 Å². The third-order valence-electron chi connectivity index (χ3n) is 3.83. The van der Waals surface area contributed by atoms with Gasteiger partial charge in [0.25, 0.3) is 0 Å². The van der Waals surface area contributed by atoms with Gasteiger partial charge >= 0.3 is 0 Å². The third-order valence-corrected chi connectivity index (χ3v) is 4.41. The van der Waals surface area contributed by atoms with Crippen molar-refractivity contribution in [2.45, 2.75) is 25.4 Å². The molecule has 21 heavy (non-hydrogen) atoms. The van der Waals surface area contributed by atoms with Crippen molar-refractivity contribution in [3.63, 3.8) is 0 Å². The second-order valence-corrected chi connectivity index (χ2v) is 6.18. The predicted octanol–water partition coefficient (Wildman–Crippen LogP) is 3.66. The summed E-state index contributed by atoms with van der Waals surface area (Å²) in [6, 6.07) is 9.02. The van der Waals surface area contributed by atoms with E-state index >= 15 is 0 Å². The minimum Gasteiger partial charge on any atom is -0.504 e. The molecule has 0 aliphatic carbocycles. The molecule has 5 heteroatoms. The molecule has 1 aliphatic heterocycles. The first-order valence-electron chi connectivity index (χ1n) is 6.74. The Morgan fingerprint density at radius 3 is 2.48 bits per heavy atom. The number of phenols is 2. The fraction of sp³-hybridized carbons (Fsp3) is 0.250. The second-order valence-electron chi connectivity index (χ2n) is 5.33. The highest BCUT2D eigenvalue weighted by atomic mass is 35.5. The monoisotopic (exact) mass is 323 g/mol. The molecule has 2 aromatic carbocycles. The largest absolute Gasteiger partial charge is 0.504 e. The first-order chi connectivity index (χ1) is 10.0. The number of rotatable bonds is 2. The van der Waals surface area contributed by atoms with E-state index in [1.807, 2.05) is 12.1 Å². The van der Waals surface area contributed by atoms with Crippen LogP contribution in [-0.4, -0.2) is 16.3 Å². The summed E-state index contributed by atoms with van der Waals surface area (Å²) >= 11 is 12.1. The van der Waals surface area contributed by atoms with Crippen LogP contribution in [0.3, 0.4) is 0 Å². The molecule has 0 saturated carbocycles. The van der Waals surface area contributed by atoms with Gasteiger partial charge in [0.05, 0.1) is 0 Å². The Hall–Kier alpha value is -1.42. The quantitative estimate of drug-likeness (QED) is 0.739. The summed E-state index contributed by atoms with van der Waals surface area (Å²) in [4.78, 5) is 0. The number of fused-ring (bicyclic) bond motifs is 1. The van der Waals surface area contributed by atoms with Crippen LogP contribution < -0.4 is 5.32 Å². The fourth-order valence-electron chi connectivity index (χ4n) is 2.71. The number of benzene rings is 2. The van der Waals surface area contributed by atoms with Crippen molar-refractivity contribution < 1.29 is 10.2 Å². The number of phenolic OH excluding ortho intramolecular Hbond substituents is 2. The van der Waals surface area contributed by atoms with Gasteiger partial charge in [-0.05, 0) is 53.8 Å². The minimum absolute atomic E-state index is 0.0704. The molecule has 1 atom stereocenters. The van der Waals surface area contributed by atoms with Gasteiger partial charge in [-0.15, -0.1) is 0 Å². The van der Waals surface area contributed by atoms with Gasteiger partial charge in [-0.3, -0.25) is 0 Å². The van der Waals surface area contributed by atoms with Crippen LogP contribution in [0.1, 0.15) is 16.7 Å². The fourth-order valence-corrected chi connectivity index (χ4v) is 3.19. The summed E-state index contributed by atoms with van der Waals surface area (Å²) in [6.45, 7) is 0.666. The average Bonchev–Trinajstić information content (AvgIpc) is 2.43. The van der Waals surface area contributed by atoms with Gasteiger partial charge in [0.2, 0.25) is 0 Å². The molecule has 3 N–H and O–H groups in total. The summed E-state index contributed by atoms with van der Waals surface area (Å²) in [5, 5.41) is 23.9. The van der Waals surface area contributed by atoms with Crippen molar-refractivity contribution in [1.82, 2.24) is 5.32 Å². The molecular weight excluding hydrogens is 309 g/mol. The Bertz CT molecular complexity index is 688. The van der Waals surface area contributed by atoms with Gasteiger partial charge in [0.1, 0.15) is 0 Å². The number of aromatic hydroxyl groups is 2. The van der Waals surface area contributed by atoms with E-state index in [2.05, 4.69) is 5.32 Å². The highest BCUT2D eigenvalue weighted by Crippen LogP contribution is 2.31. The molecule has 110 valence electrons. The number of halogens is 2. The Kier molecular flexibility index (Phi) is 3.98. The van der Waals surface area contributed by atoms with Gasteiger partial charge in [0, 0.05) is 22.6 Å². The summed E-state index contributed by atoms with van der Waals surface area (Å²) in [7, 11) is 0. The normalized spacial score (nSPS) is 17.5. The van der Waals surface area contributed by atoms with Crippen molar-refractivity contribution >= 4 is 23.2 Å². The van der Waals surface area contributed by atoms with Crippen LogP contribution in [0.4, 0.5) is 0 Å². The van der Waals surface area contributed by atoms with Crippen molar-refractivity contribution in [2.24, 2.45) is 0 Å². The number of nitrogens with one attached hydrogen (secondary N) is 1. The SMILES string of the molecule is Oc1cc2c(cc1O)CC(Cc1ccc(Cl)cc1Cl)NC2. The van der Waals surface area contributed by atoms with Crippen LogP contribution in [0.25, 0.3) is 0 Å². The maximum absolute atomic E-state index is 9.62. The highest BCUT2D eigenvalue weighted by Gasteiger charge is 2.20. The minimum atomic E-state index is -0.0743. The lowest BCUT2D eigenvalue weighted by Crippen LogP contribution is -2.37. The lowest BCUT2D eigenvalue weighted by atomic mass is 9.91. The Morgan fingerprint density at radius 1 is 1.05 bits per heavy atom. The zero-order valence-electron chi connectivity index (χ0n) is 11.2. The third kappa shape index (κ3) is 3.10. The van der Waals surface area contributed by atoms with E-state index in [-0.39, 0.29) is 17.5 Å². The molecule has 0 aromatic heterocycles. The van der Waals surface area contributed by atoms with Gasteiger partial charge in [-0.25, -0.2) is 0 Å². The summed E-state index contributed by atoms with van der Waals surface area (Å²) in [5.41, 5.74) is 3.12. The zero-order valence-corrected chi connectivity index (χ0v) is 12.7. The van der Waals surface area contributed by atoms with Crippen molar-refractivity contribution in [2.75, 3.05) is 0 Å². The molecule has 0 saturated heterocycles. The maximum atomic E-state index is 9.62. The number of hydrogen-bond donors (Lipinski definition) is 3. The molecule has 0 fully saturated rings. The predicted molar refractivity (Wildman–Crippen MR) is 84.3 cm³/mol. The topological polar surface area (TPSA) is 52.5 Å². The first-order valence-corrected chi connectivity index (χ1v) is 7.49. The van der Waals surface area contributed by atoms with Crippen LogP contribution in [0.15, 0.2) is 30.3 Å². The molecule has 1 unspecified atom stereocenters. The van der Waals surface area contributed by atoms with E-state index in [4.69, 9.17) is 23.2 Å². The van der Waals surface area contributed by atoms with Crippen molar-refractivity contribution in [3.05, 3.63) is 57.1 Å². The molecule has 2 aromatic rings. The lowest BCUT2D eigenvalue weighted by molar-refractivity contribution is 0.398. The maximum Gasteiger partial charge on any atom is 0.157 e. The van der Waals surface area contributed by atoms with Gasteiger partial charge in [0.15, 0.2) is 11.5 Å². The smallest absolute Gasteiger partial charge is 0.157 e. The molecule has 0 spiro atoms. The second kappa shape index (κ2) is 5.76. The molecule has 1 aliphatic rings. The molecule has 1 heterocycles. The molecule has 0 radical (unpaired) electrons. The van der Waals surface area contributed by atoms with E-state index in [1.54, 1.807) is 18.2 Å². The number of hydrogen-bond acceptors (Lipinski definition) is 3. The van der Waals surface area contributed by atoms with Crippen LogP contribution in [0.5, 0.6) is 11.5 Å². The molecule has 3 nitrogen and oxygen atoms in total. The standard InChI is InChI=1S/C16H15Cl2NO2/c17-12-2-1-9(14(18)7-12)3-13-4-10-5-15(20)16(21)6-11(10)8-19-13/h1-2,5-7,13,19-21H,3-4,8H2. The van der Waals surface area contributed by atoms with Crippen LogP contribution in [-0.2, 0) is 19.4 Å². The van der Waals surface area contributed by atoms with E-state index in [0.717, 1.165) is 29.5 Å². The van der Waals surface area contributed by atoms with Gasteiger partial charge in [-0.2, -0.15) is 0 Å². The van der Waals surface area contributed by atoms with Gasteiger partial charge < -0.3 is 15.5 Å². The summed E-state index contributed by atoms with van der Waals surface area (Å²) < 4.78 is 0.